The zero-order valence-electron chi connectivity index (χ0n) is 17.1. The monoisotopic (exact) mass is 392 g/mol. The summed E-state index contributed by atoms with van der Waals surface area (Å²) in [5, 5.41) is 4.04. The third kappa shape index (κ3) is 3.74. The normalized spacial score (nSPS) is 16.8. The van der Waals surface area contributed by atoms with Gasteiger partial charge in [-0.25, -0.2) is 19.9 Å². The number of likely N-dealkylation sites (tertiary alicyclic amines) is 1. The average molecular weight is 392 g/mol. The van der Waals surface area contributed by atoms with Crippen LogP contribution in [0.3, 0.4) is 0 Å². The van der Waals surface area contributed by atoms with Gasteiger partial charge in [-0.2, -0.15) is 0 Å². The number of piperidine rings is 1. The zero-order valence-corrected chi connectivity index (χ0v) is 17.1. The molecule has 1 saturated heterocycles. The minimum Gasteiger partial charge on any atom is -0.361 e. The number of nitrogens with zero attached hydrogens (tertiary/aromatic N) is 6. The van der Waals surface area contributed by atoms with Gasteiger partial charge in [0.15, 0.2) is 5.82 Å². The van der Waals surface area contributed by atoms with Gasteiger partial charge in [-0.3, -0.25) is 4.79 Å². The van der Waals surface area contributed by atoms with Crippen LogP contribution in [0.4, 0.5) is 0 Å². The molecule has 4 heterocycles. The van der Waals surface area contributed by atoms with Gasteiger partial charge in [0.05, 0.1) is 28.6 Å². The molecule has 1 aliphatic rings. The van der Waals surface area contributed by atoms with E-state index in [-0.39, 0.29) is 11.9 Å². The molecule has 29 heavy (non-hydrogen) atoms. The molecule has 8 heteroatoms. The first-order valence-corrected chi connectivity index (χ1v) is 9.82. The SMILES string of the molecule is Cc1cc(-c2c(C)noc2C)nc(C2CCCCN2C(=O)c2cnc(C)nc2)n1. The van der Waals surface area contributed by atoms with E-state index >= 15 is 0 Å². The maximum Gasteiger partial charge on any atom is 0.257 e. The maximum absolute atomic E-state index is 13.2. The van der Waals surface area contributed by atoms with E-state index in [1.165, 1.54) is 0 Å². The van der Waals surface area contributed by atoms with Crippen molar-refractivity contribution >= 4 is 5.91 Å². The van der Waals surface area contributed by atoms with Gasteiger partial charge in [-0.05, 0) is 53.0 Å². The van der Waals surface area contributed by atoms with E-state index in [2.05, 4.69) is 20.1 Å². The second-order valence-electron chi connectivity index (χ2n) is 7.48. The Balaban J connectivity index is 1.72. The van der Waals surface area contributed by atoms with Crippen LogP contribution in [-0.4, -0.2) is 42.4 Å². The summed E-state index contributed by atoms with van der Waals surface area (Å²) in [7, 11) is 0. The van der Waals surface area contributed by atoms with Crippen LogP contribution in [0.2, 0.25) is 0 Å². The number of carbonyl (C=O) groups excluding carboxylic acids is 1. The Bertz CT molecular complexity index is 1020. The fourth-order valence-corrected chi connectivity index (χ4v) is 3.83. The molecule has 0 aliphatic carbocycles. The van der Waals surface area contributed by atoms with Crippen LogP contribution in [0.25, 0.3) is 11.3 Å². The topological polar surface area (TPSA) is 97.9 Å². The summed E-state index contributed by atoms with van der Waals surface area (Å²) in [6, 6.07) is 1.75. The van der Waals surface area contributed by atoms with E-state index in [0.29, 0.717) is 23.8 Å². The molecule has 150 valence electrons. The van der Waals surface area contributed by atoms with Crippen molar-refractivity contribution in [2.24, 2.45) is 0 Å². The lowest BCUT2D eigenvalue weighted by Gasteiger charge is -2.35. The highest BCUT2D eigenvalue weighted by atomic mass is 16.5. The Kier molecular flexibility index (Phi) is 5.08. The molecule has 0 spiro atoms. The first kappa shape index (κ1) is 19.2. The van der Waals surface area contributed by atoms with Crippen LogP contribution in [0, 0.1) is 27.7 Å². The van der Waals surface area contributed by atoms with Gasteiger partial charge in [-0.1, -0.05) is 5.16 Å². The number of carbonyl (C=O) groups is 1. The fraction of sp³-hybridized carbons (Fsp3) is 0.429. The van der Waals surface area contributed by atoms with Crippen LogP contribution in [0.1, 0.15) is 64.5 Å². The number of hydrogen-bond donors (Lipinski definition) is 0. The van der Waals surface area contributed by atoms with E-state index in [4.69, 9.17) is 9.51 Å². The van der Waals surface area contributed by atoms with Crippen molar-refractivity contribution < 1.29 is 9.32 Å². The summed E-state index contributed by atoms with van der Waals surface area (Å²) < 4.78 is 5.31. The molecule has 8 nitrogen and oxygen atoms in total. The van der Waals surface area contributed by atoms with E-state index in [1.54, 1.807) is 19.3 Å². The van der Waals surface area contributed by atoms with Crippen molar-refractivity contribution in [1.29, 1.82) is 0 Å². The third-order valence-corrected chi connectivity index (χ3v) is 5.25. The zero-order chi connectivity index (χ0) is 20.5. The number of aromatic nitrogens is 5. The molecule has 1 amide bonds. The molecule has 1 atom stereocenters. The highest BCUT2D eigenvalue weighted by Crippen LogP contribution is 2.33. The van der Waals surface area contributed by atoms with Crippen molar-refractivity contribution in [3.05, 3.63) is 52.8 Å². The predicted molar refractivity (Wildman–Crippen MR) is 106 cm³/mol. The first-order chi connectivity index (χ1) is 13.9. The van der Waals surface area contributed by atoms with Gasteiger partial charge < -0.3 is 9.42 Å². The van der Waals surface area contributed by atoms with Crippen LogP contribution < -0.4 is 0 Å². The van der Waals surface area contributed by atoms with E-state index < -0.39 is 0 Å². The second-order valence-corrected chi connectivity index (χ2v) is 7.48. The highest BCUT2D eigenvalue weighted by Gasteiger charge is 2.31. The van der Waals surface area contributed by atoms with Crippen molar-refractivity contribution in [3.8, 4) is 11.3 Å². The average Bonchev–Trinajstić information content (AvgIpc) is 3.05. The molecule has 3 aromatic rings. The Morgan fingerprint density at radius 1 is 1.10 bits per heavy atom. The molecule has 0 N–H and O–H groups in total. The lowest BCUT2D eigenvalue weighted by atomic mass is 9.99. The summed E-state index contributed by atoms with van der Waals surface area (Å²) in [4.78, 5) is 32.9. The summed E-state index contributed by atoms with van der Waals surface area (Å²) in [6.07, 6.45) is 5.97. The molecular weight excluding hydrogens is 368 g/mol. The summed E-state index contributed by atoms with van der Waals surface area (Å²) in [6.45, 7) is 8.18. The largest absolute Gasteiger partial charge is 0.361 e. The minimum atomic E-state index is -0.184. The van der Waals surface area contributed by atoms with E-state index in [0.717, 1.165) is 47.7 Å². The molecule has 1 aliphatic heterocycles. The summed E-state index contributed by atoms with van der Waals surface area (Å²) in [5.41, 5.74) is 3.79. The van der Waals surface area contributed by atoms with Crippen molar-refractivity contribution in [1.82, 2.24) is 30.0 Å². The molecule has 3 aromatic heterocycles. The van der Waals surface area contributed by atoms with Crippen molar-refractivity contribution in [2.75, 3.05) is 6.54 Å². The van der Waals surface area contributed by atoms with Gasteiger partial charge in [-0.15, -0.1) is 0 Å². The van der Waals surface area contributed by atoms with Gasteiger partial charge in [0.1, 0.15) is 11.6 Å². The molecular formula is C21H24N6O2. The Morgan fingerprint density at radius 3 is 2.55 bits per heavy atom. The number of rotatable bonds is 3. The molecule has 0 saturated carbocycles. The highest BCUT2D eigenvalue weighted by molar-refractivity contribution is 5.94. The molecule has 1 fully saturated rings. The molecule has 4 rings (SSSR count). The van der Waals surface area contributed by atoms with E-state index in [1.807, 2.05) is 31.7 Å². The predicted octanol–water partition coefficient (Wildman–Crippen LogP) is 3.52. The molecule has 0 bridgehead atoms. The fourth-order valence-electron chi connectivity index (χ4n) is 3.83. The standard InChI is InChI=1S/C21H24N6O2/c1-12-9-17(19-13(2)26-29-14(19)3)25-20(24-12)18-7-5-6-8-27(18)21(28)16-10-22-15(4)23-11-16/h9-11,18H,5-8H2,1-4H3. The van der Waals surface area contributed by atoms with Crippen molar-refractivity contribution in [3.63, 3.8) is 0 Å². The molecule has 1 unspecified atom stereocenters. The Morgan fingerprint density at radius 2 is 1.86 bits per heavy atom. The summed E-state index contributed by atoms with van der Waals surface area (Å²) >= 11 is 0. The van der Waals surface area contributed by atoms with Crippen LogP contribution in [-0.2, 0) is 0 Å². The Hall–Kier alpha value is -3.16. The summed E-state index contributed by atoms with van der Waals surface area (Å²) in [5.74, 6) is 1.93. The molecule has 0 radical (unpaired) electrons. The lowest BCUT2D eigenvalue weighted by Crippen LogP contribution is -2.39. The van der Waals surface area contributed by atoms with Crippen LogP contribution in [0.15, 0.2) is 23.0 Å². The number of aryl methyl sites for hydroxylation is 4. The van der Waals surface area contributed by atoms with Crippen LogP contribution in [0.5, 0.6) is 0 Å². The number of hydrogen-bond acceptors (Lipinski definition) is 7. The number of amides is 1. The maximum atomic E-state index is 13.2. The van der Waals surface area contributed by atoms with E-state index in [9.17, 15) is 4.79 Å². The van der Waals surface area contributed by atoms with Gasteiger partial charge in [0, 0.05) is 24.6 Å². The molecule has 0 aromatic carbocycles. The van der Waals surface area contributed by atoms with Crippen molar-refractivity contribution in [2.45, 2.75) is 53.0 Å². The van der Waals surface area contributed by atoms with Gasteiger partial charge >= 0.3 is 0 Å². The lowest BCUT2D eigenvalue weighted by molar-refractivity contribution is 0.0598. The Labute approximate surface area is 169 Å². The smallest absolute Gasteiger partial charge is 0.257 e. The van der Waals surface area contributed by atoms with Crippen LogP contribution >= 0.6 is 0 Å². The minimum absolute atomic E-state index is 0.0845. The van der Waals surface area contributed by atoms with Gasteiger partial charge in [0.2, 0.25) is 0 Å². The second kappa shape index (κ2) is 7.69. The van der Waals surface area contributed by atoms with Gasteiger partial charge in [0.25, 0.3) is 5.91 Å². The first-order valence-electron chi connectivity index (χ1n) is 9.82. The quantitative estimate of drug-likeness (QED) is 0.672. The third-order valence-electron chi connectivity index (χ3n) is 5.25.